The van der Waals surface area contributed by atoms with Crippen LogP contribution in [0.5, 0.6) is 0 Å². The Kier molecular flexibility index (Phi) is 4.05. The summed E-state index contributed by atoms with van der Waals surface area (Å²) in [6.07, 6.45) is 0. The van der Waals surface area contributed by atoms with Crippen molar-refractivity contribution in [3.05, 3.63) is 68.7 Å². The lowest BCUT2D eigenvalue weighted by atomic mass is 9.96. The van der Waals surface area contributed by atoms with Crippen LogP contribution in [0.3, 0.4) is 0 Å². The summed E-state index contributed by atoms with van der Waals surface area (Å²) in [6, 6.07) is 12.8. The standard InChI is InChI=1S/C15H6Cl2N2O/c16-10-4-5-12(14(17)6-10)15(20)11-3-1-2-9(7-18)13(11)8-19/h1-6H. The lowest BCUT2D eigenvalue weighted by Crippen LogP contribution is -2.06. The van der Waals surface area contributed by atoms with E-state index in [4.69, 9.17) is 33.7 Å². The van der Waals surface area contributed by atoms with Gasteiger partial charge in [0.15, 0.2) is 5.78 Å². The molecular weight excluding hydrogens is 295 g/mol. The van der Waals surface area contributed by atoms with E-state index in [9.17, 15) is 4.79 Å². The quantitative estimate of drug-likeness (QED) is 0.788. The Morgan fingerprint density at radius 1 is 1.00 bits per heavy atom. The third-order valence-electron chi connectivity index (χ3n) is 2.72. The van der Waals surface area contributed by atoms with E-state index in [-0.39, 0.29) is 27.3 Å². The summed E-state index contributed by atoms with van der Waals surface area (Å²) in [5, 5.41) is 18.7. The van der Waals surface area contributed by atoms with Crippen molar-refractivity contribution < 1.29 is 4.79 Å². The number of halogens is 2. The number of ketones is 1. The normalized spacial score (nSPS) is 9.60. The van der Waals surface area contributed by atoms with E-state index in [2.05, 4.69) is 0 Å². The smallest absolute Gasteiger partial charge is 0.195 e. The molecule has 0 saturated heterocycles. The Bertz CT molecular complexity index is 785. The van der Waals surface area contributed by atoms with Crippen LogP contribution >= 0.6 is 23.2 Å². The number of hydrogen-bond acceptors (Lipinski definition) is 3. The van der Waals surface area contributed by atoms with Crippen molar-refractivity contribution in [3.63, 3.8) is 0 Å². The Balaban J connectivity index is 2.61. The molecule has 0 heterocycles. The fourth-order valence-corrected chi connectivity index (χ4v) is 2.27. The Hall–Kier alpha value is -2.33. The highest BCUT2D eigenvalue weighted by molar-refractivity contribution is 6.37. The largest absolute Gasteiger partial charge is 0.289 e. The predicted octanol–water partition coefficient (Wildman–Crippen LogP) is 3.97. The highest BCUT2D eigenvalue weighted by atomic mass is 35.5. The number of carbonyl (C=O) groups is 1. The van der Waals surface area contributed by atoms with Gasteiger partial charge in [-0.15, -0.1) is 0 Å². The zero-order valence-corrected chi connectivity index (χ0v) is 11.5. The fraction of sp³-hybridized carbons (Fsp3) is 0. The third kappa shape index (κ3) is 2.51. The first kappa shape index (κ1) is 14.1. The molecule has 0 saturated carbocycles. The molecule has 0 aliphatic carbocycles. The molecule has 0 atom stereocenters. The van der Waals surface area contributed by atoms with E-state index >= 15 is 0 Å². The van der Waals surface area contributed by atoms with Gasteiger partial charge in [-0.05, 0) is 30.3 Å². The molecule has 0 unspecified atom stereocenters. The van der Waals surface area contributed by atoms with Gasteiger partial charge < -0.3 is 0 Å². The minimum Gasteiger partial charge on any atom is -0.289 e. The summed E-state index contributed by atoms with van der Waals surface area (Å²) in [4.78, 5) is 12.4. The minimum absolute atomic E-state index is 0.0472. The Morgan fingerprint density at radius 2 is 1.75 bits per heavy atom. The fourth-order valence-electron chi connectivity index (χ4n) is 1.77. The van der Waals surface area contributed by atoms with Crippen LogP contribution in [0.15, 0.2) is 36.4 Å². The molecule has 2 rings (SSSR count). The van der Waals surface area contributed by atoms with Crippen molar-refractivity contribution in [1.82, 2.24) is 0 Å². The molecule has 5 heteroatoms. The number of rotatable bonds is 2. The molecule has 0 amide bonds. The molecule has 2 aromatic carbocycles. The molecule has 0 spiro atoms. The van der Waals surface area contributed by atoms with Crippen LogP contribution in [0.2, 0.25) is 10.0 Å². The van der Waals surface area contributed by atoms with Gasteiger partial charge in [-0.25, -0.2) is 0 Å². The molecule has 3 nitrogen and oxygen atoms in total. The second kappa shape index (κ2) is 5.75. The molecule has 0 N–H and O–H groups in total. The van der Waals surface area contributed by atoms with Gasteiger partial charge in [-0.2, -0.15) is 10.5 Å². The second-order valence-electron chi connectivity index (χ2n) is 3.91. The first-order valence-corrected chi connectivity index (χ1v) is 6.27. The average molecular weight is 301 g/mol. The van der Waals surface area contributed by atoms with Crippen molar-refractivity contribution in [2.24, 2.45) is 0 Å². The molecule has 96 valence electrons. The average Bonchev–Trinajstić information content (AvgIpc) is 2.45. The molecule has 2 aromatic rings. The molecule has 0 bridgehead atoms. The number of carbonyl (C=O) groups excluding carboxylic acids is 1. The van der Waals surface area contributed by atoms with Crippen molar-refractivity contribution in [3.8, 4) is 12.1 Å². The third-order valence-corrected chi connectivity index (χ3v) is 3.26. The van der Waals surface area contributed by atoms with Gasteiger partial charge in [0.2, 0.25) is 0 Å². The van der Waals surface area contributed by atoms with E-state index < -0.39 is 5.78 Å². The molecule has 0 aliphatic heterocycles. The number of nitrogens with zero attached hydrogens (tertiary/aromatic N) is 2. The van der Waals surface area contributed by atoms with Crippen LogP contribution in [0.4, 0.5) is 0 Å². The molecular formula is C15H6Cl2N2O. The summed E-state index contributed by atoms with van der Waals surface area (Å²) in [5.74, 6) is -0.416. The van der Waals surface area contributed by atoms with Crippen LogP contribution < -0.4 is 0 Å². The van der Waals surface area contributed by atoms with Gasteiger partial charge in [0, 0.05) is 16.1 Å². The zero-order chi connectivity index (χ0) is 14.7. The summed E-state index contributed by atoms with van der Waals surface area (Å²) < 4.78 is 0. The number of benzene rings is 2. The lowest BCUT2D eigenvalue weighted by molar-refractivity contribution is 0.103. The first-order chi connectivity index (χ1) is 9.58. The van der Waals surface area contributed by atoms with Crippen LogP contribution in [-0.4, -0.2) is 5.78 Å². The highest BCUT2D eigenvalue weighted by Crippen LogP contribution is 2.25. The number of nitriles is 2. The summed E-state index contributed by atoms with van der Waals surface area (Å²) in [7, 11) is 0. The van der Waals surface area contributed by atoms with Gasteiger partial charge in [0.1, 0.15) is 12.1 Å². The van der Waals surface area contributed by atoms with Crippen molar-refractivity contribution in [1.29, 1.82) is 10.5 Å². The molecule has 20 heavy (non-hydrogen) atoms. The van der Waals surface area contributed by atoms with Crippen LogP contribution in [-0.2, 0) is 0 Å². The summed E-state index contributed by atoms with van der Waals surface area (Å²) in [5.41, 5.74) is 0.591. The second-order valence-corrected chi connectivity index (χ2v) is 4.75. The van der Waals surface area contributed by atoms with Crippen molar-refractivity contribution >= 4 is 29.0 Å². The lowest BCUT2D eigenvalue weighted by Gasteiger charge is -2.06. The van der Waals surface area contributed by atoms with Gasteiger partial charge >= 0.3 is 0 Å². The van der Waals surface area contributed by atoms with Gasteiger partial charge in [-0.3, -0.25) is 4.79 Å². The maximum absolute atomic E-state index is 12.4. The van der Waals surface area contributed by atoms with Gasteiger partial charge in [0.25, 0.3) is 0 Å². The minimum atomic E-state index is -0.416. The van der Waals surface area contributed by atoms with Crippen LogP contribution in [0.25, 0.3) is 0 Å². The monoisotopic (exact) mass is 300 g/mol. The van der Waals surface area contributed by atoms with E-state index in [0.717, 1.165) is 0 Å². The van der Waals surface area contributed by atoms with Gasteiger partial charge in [0.05, 0.1) is 16.1 Å². The molecule has 0 radical (unpaired) electrons. The van der Waals surface area contributed by atoms with Crippen LogP contribution in [0.1, 0.15) is 27.0 Å². The first-order valence-electron chi connectivity index (χ1n) is 5.51. The SMILES string of the molecule is N#Cc1cccc(C(=O)c2ccc(Cl)cc2Cl)c1C#N. The van der Waals surface area contributed by atoms with E-state index in [1.807, 2.05) is 12.1 Å². The summed E-state index contributed by atoms with van der Waals surface area (Å²) in [6.45, 7) is 0. The Labute approximate surface area is 125 Å². The van der Waals surface area contributed by atoms with E-state index in [0.29, 0.717) is 5.02 Å². The van der Waals surface area contributed by atoms with E-state index in [1.165, 1.54) is 24.3 Å². The van der Waals surface area contributed by atoms with Crippen LogP contribution in [0, 0.1) is 22.7 Å². The zero-order valence-electron chi connectivity index (χ0n) is 10.0. The summed E-state index contributed by atoms with van der Waals surface area (Å²) >= 11 is 11.8. The van der Waals surface area contributed by atoms with E-state index in [1.54, 1.807) is 12.1 Å². The maximum Gasteiger partial charge on any atom is 0.195 e. The predicted molar refractivity (Wildman–Crippen MR) is 75.8 cm³/mol. The highest BCUT2D eigenvalue weighted by Gasteiger charge is 2.18. The molecule has 0 fully saturated rings. The molecule has 0 aromatic heterocycles. The maximum atomic E-state index is 12.4. The molecule has 0 aliphatic rings. The Morgan fingerprint density at radius 3 is 2.35 bits per heavy atom. The van der Waals surface area contributed by atoms with Gasteiger partial charge in [-0.1, -0.05) is 29.3 Å². The van der Waals surface area contributed by atoms with Crippen molar-refractivity contribution in [2.45, 2.75) is 0 Å². The number of hydrogen-bond donors (Lipinski definition) is 0. The van der Waals surface area contributed by atoms with Crippen molar-refractivity contribution in [2.75, 3.05) is 0 Å². The topological polar surface area (TPSA) is 64.7 Å².